The monoisotopic (exact) mass is 358 g/mol. The predicted octanol–water partition coefficient (Wildman–Crippen LogP) is 4.19. The van der Waals surface area contributed by atoms with E-state index < -0.39 is 0 Å². The van der Waals surface area contributed by atoms with Crippen LogP contribution in [0.15, 0.2) is 46.8 Å². The molecule has 0 saturated carbocycles. The van der Waals surface area contributed by atoms with Gasteiger partial charge in [0.2, 0.25) is 0 Å². The molecule has 6 heteroatoms. The van der Waals surface area contributed by atoms with E-state index in [0.717, 1.165) is 15.1 Å². The third kappa shape index (κ3) is 3.45. The Bertz CT molecular complexity index is 988. The SMILES string of the molecule is C#CCn1c(=NC(=O)/C=C/c2cccs2)sc2cccc(Cl)c21. The van der Waals surface area contributed by atoms with Gasteiger partial charge in [-0.3, -0.25) is 4.79 Å². The molecule has 0 aliphatic rings. The first-order valence-corrected chi connectivity index (χ1v) is 8.78. The Morgan fingerprint density at radius 1 is 1.39 bits per heavy atom. The smallest absolute Gasteiger partial charge is 0.272 e. The highest BCUT2D eigenvalue weighted by atomic mass is 35.5. The van der Waals surface area contributed by atoms with Crippen LogP contribution in [-0.4, -0.2) is 10.5 Å². The van der Waals surface area contributed by atoms with Crippen LogP contribution in [-0.2, 0) is 11.3 Å². The number of hydrogen-bond acceptors (Lipinski definition) is 3. The number of halogens is 1. The molecule has 3 nitrogen and oxygen atoms in total. The van der Waals surface area contributed by atoms with Gasteiger partial charge in [-0.2, -0.15) is 4.99 Å². The normalized spacial score (nSPS) is 12.1. The number of hydrogen-bond donors (Lipinski definition) is 0. The molecule has 0 radical (unpaired) electrons. The molecule has 0 atom stereocenters. The van der Waals surface area contributed by atoms with E-state index in [1.54, 1.807) is 28.0 Å². The lowest BCUT2D eigenvalue weighted by Gasteiger charge is -2.00. The Labute approximate surface area is 146 Å². The predicted molar refractivity (Wildman–Crippen MR) is 97.6 cm³/mol. The summed E-state index contributed by atoms with van der Waals surface area (Å²) >= 11 is 9.21. The molecular formula is C17H11ClN2OS2. The number of carbonyl (C=O) groups excluding carboxylic acids is 1. The Morgan fingerprint density at radius 2 is 2.26 bits per heavy atom. The van der Waals surface area contributed by atoms with Crippen LogP contribution in [0.1, 0.15) is 4.88 Å². The third-order valence-corrected chi connectivity index (χ3v) is 5.23. The maximum atomic E-state index is 12.1. The van der Waals surface area contributed by atoms with Gasteiger partial charge in [0.25, 0.3) is 5.91 Å². The van der Waals surface area contributed by atoms with Gasteiger partial charge in [0.1, 0.15) is 0 Å². The zero-order chi connectivity index (χ0) is 16.2. The molecule has 0 saturated heterocycles. The van der Waals surface area contributed by atoms with Gasteiger partial charge in [-0.05, 0) is 29.7 Å². The number of aromatic nitrogens is 1. The largest absolute Gasteiger partial charge is 0.303 e. The van der Waals surface area contributed by atoms with E-state index in [0.29, 0.717) is 16.4 Å². The zero-order valence-corrected chi connectivity index (χ0v) is 14.3. The number of para-hydroxylation sites is 1. The summed E-state index contributed by atoms with van der Waals surface area (Å²) in [6.07, 6.45) is 8.64. The van der Waals surface area contributed by atoms with Gasteiger partial charge in [-0.1, -0.05) is 41.0 Å². The van der Waals surface area contributed by atoms with Gasteiger partial charge < -0.3 is 4.57 Å². The van der Waals surface area contributed by atoms with Crippen molar-refractivity contribution in [3.63, 3.8) is 0 Å². The highest BCUT2D eigenvalue weighted by Crippen LogP contribution is 2.25. The molecule has 23 heavy (non-hydrogen) atoms. The van der Waals surface area contributed by atoms with Gasteiger partial charge in [0.05, 0.1) is 21.8 Å². The summed E-state index contributed by atoms with van der Waals surface area (Å²) in [4.78, 5) is 17.8. The fourth-order valence-corrected chi connectivity index (χ4v) is 4.09. The lowest BCUT2D eigenvalue weighted by molar-refractivity contribution is -0.113. The van der Waals surface area contributed by atoms with Crippen LogP contribution >= 0.6 is 34.3 Å². The molecule has 0 N–H and O–H groups in total. The van der Waals surface area contributed by atoms with Crippen LogP contribution in [0.3, 0.4) is 0 Å². The molecular weight excluding hydrogens is 348 g/mol. The summed E-state index contributed by atoms with van der Waals surface area (Å²) in [6, 6.07) is 9.46. The molecule has 114 valence electrons. The Morgan fingerprint density at radius 3 is 3.00 bits per heavy atom. The number of thiazole rings is 1. The molecule has 0 fully saturated rings. The lowest BCUT2D eigenvalue weighted by atomic mass is 10.3. The average Bonchev–Trinajstić information content (AvgIpc) is 3.15. The standard InChI is InChI=1S/C17H11ClN2OS2/c1-2-10-20-16-13(18)6-3-7-14(16)23-17(20)19-15(21)9-8-12-5-4-11-22-12/h1,3-9,11H,10H2/b9-8+,19-17?. The second kappa shape index (κ2) is 6.97. The molecule has 0 aliphatic heterocycles. The second-order valence-electron chi connectivity index (χ2n) is 4.56. The average molecular weight is 359 g/mol. The van der Waals surface area contributed by atoms with Crippen LogP contribution < -0.4 is 4.80 Å². The van der Waals surface area contributed by atoms with Crippen LogP contribution in [0.5, 0.6) is 0 Å². The first-order valence-electron chi connectivity index (χ1n) is 6.70. The molecule has 2 aromatic heterocycles. The minimum atomic E-state index is -0.327. The molecule has 1 aromatic carbocycles. The highest BCUT2D eigenvalue weighted by Gasteiger charge is 2.09. The Kier molecular flexibility index (Phi) is 4.77. The van der Waals surface area contributed by atoms with Crippen LogP contribution in [0.25, 0.3) is 16.3 Å². The summed E-state index contributed by atoms with van der Waals surface area (Å²) in [5.41, 5.74) is 0.811. The molecule has 2 heterocycles. The van der Waals surface area contributed by atoms with E-state index in [-0.39, 0.29) is 5.91 Å². The van der Waals surface area contributed by atoms with Crippen molar-refractivity contribution in [1.82, 2.24) is 4.57 Å². The van der Waals surface area contributed by atoms with Crippen molar-refractivity contribution in [2.45, 2.75) is 6.54 Å². The summed E-state index contributed by atoms with van der Waals surface area (Å²) in [6.45, 7) is 0.310. The van der Waals surface area contributed by atoms with E-state index in [1.165, 1.54) is 17.4 Å². The number of amides is 1. The van der Waals surface area contributed by atoms with E-state index in [2.05, 4.69) is 10.9 Å². The fraction of sp³-hybridized carbons (Fsp3) is 0.0588. The van der Waals surface area contributed by atoms with Gasteiger partial charge in [-0.25, -0.2) is 0 Å². The number of thiophene rings is 1. The van der Waals surface area contributed by atoms with Gasteiger partial charge in [0.15, 0.2) is 4.80 Å². The molecule has 1 amide bonds. The number of carbonyl (C=O) groups is 1. The van der Waals surface area contributed by atoms with Crippen LogP contribution in [0.4, 0.5) is 0 Å². The quantitative estimate of drug-likeness (QED) is 0.510. The molecule has 3 rings (SSSR count). The van der Waals surface area contributed by atoms with Crippen molar-refractivity contribution < 1.29 is 4.79 Å². The summed E-state index contributed by atoms with van der Waals surface area (Å²) in [5.74, 6) is 2.25. The zero-order valence-electron chi connectivity index (χ0n) is 11.9. The maximum absolute atomic E-state index is 12.1. The molecule has 0 aliphatic carbocycles. The van der Waals surface area contributed by atoms with Crippen LogP contribution in [0.2, 0.25) is 5.02 Å². The molecule has 0 spiro atoms. The number of benzene rings is 1. The van der Waals surface area contributed by atoms with E-state index in [4.69, 9.17) is 18.0 Å². The van der Waals surface area contributed by atoms with Crippen molar-refractivity contribution in [1.29, 1.82) is 0 Å². The number of fused-ring (bicyclic) bond motifs is 1. The molecule has 0 unspecified atom stereocenters. The lowest BCUT2D eigenvalue weighted by Crippen LogP contribution is -2.15. The maximum Gasteiger partial charge on any atom is 0.272 e. The second-order valence-corrected chi connectivity index (χ2v) is 6.96. The van der Waals surface area contributed by atoms with E-state index >= 15 is 0 Å². The van der Waals surface area contributed by atoms with Crippen LogP contribution in [0, 0.1) is 12.3 Å². The van der Waals surface area contributed by atoms with Crippen molar-refractivity contribution >= 4 is 56.5 Å². The number of rotatable bonds is 3. The first kappa shape index (κ1) is 15.8. The van der Waals surface area contributed by atoms with Gasteiger partial charge in [-0.15, -0.1) is 17.8 Å². The highest BCUT2D eigenvalue weighted by molar-refractivity contribution is 7.16. The topological polar surface area (TPSA) is 34.4 Å². The summed E-state index contributed by atoms with van der Waals surface area (Å²) in [7, 11) is 0. The minimum Gasteiger partial charge on any atom is -0.303 e. The molecule has 3 aromatic rings. The Hall–Kier alpha value is -2.13. The Balaban J connectivity index is 2.05. The van der Waals surface area contributed by atoms with Gasteiger partial charge >= 0.3 is 0 Å². The summed E-state index contributed by atoms with van der Waals surface area (Å²) < 4.78 is 2.74. The van der Waals surface area contributed by atoms with Crippen molar-refractivity contribution in [3.8, 4) is 12.3 Å². The summed E-state index contributed by atoms with van der Waals surface area (Å²) in [5, 5.41) is 2.55. The van der Waals surface area contributed by atoms with E-state index in [1.807, 2.05) is 29.6 Å². The first-order chi connectivity index (χ1) is 11.2. The van der Waals surface area contributed by atoms with E-state index in [9.17, 15) is 4.79 Å². The van der Waals surface area contributed by atoms with Crippen molar-refractivity contribution in [3.05, 3.63) is 56.5 Å². The van der Waals surface area contributed by atoms with Gasteiger partial charge in [0, 0.05) is 11.0 Å². The van der Waals surface area contributed by atoms with Crippen molar-refractivity contribution in [2.75, 3.05) is 0 Å². The minimum absolute atomic E-state index is 0.310. The van der Waals surface area contributed by atoms with Crippen molar-refractivity contribution in [2.24, 2.45) is 4.99 Å². The molecule has 0 bridgehead atoms. The fourth-order valence-electron chi connectivity index (χ4n) is 2.08. The number of nitrogens with zero attached hydrogens (tertiary/aromatic N) is 2. The number of terminal acetylenes is 1. The third-order valence-electron chi connectivity index (χ3n) is 3.04.